The normalized spacial score (nSPS) is 22.6. The Balaban J connectivity index is 2.81. The number of amides is 2. The summed E-state index contributed by atoms with van der Waals surface area (Å²) in [5.41, 5.74) is 4.68. The van der Waals surface area contributed by atoms with Gasteiger partial charge in [-0.15, -0.1) is 0 Å². The number of nitrogens with zero attached hydrogens (tertiary/aromatic N) is 1. The fourth-order valence-electron chi connectivity index (χ4n) is 2.21. The molecule has 2 atom stereocenters. The topological polar surface area (TPSA) is 98.9 Å². The summed E-state index contributed by atoms with van der Waals surface area (Å²) in [5, 5.41) is 0. The summed E-state index contributed by atoms with van der Waals surface area (Å²) >= 11 is 0. The first-order valence-electron chi connectivity index (χ1n) is 7.08. The second kappa shape index (κ2) is 6.78. The average Bonchev–Trinajstić information content (AvgIpc) is 2.36. The summed E-state index contributed by atoms with van der Waals surface area (Å²) in [5.74, 6) is -2.07. The molecule has 0 aliphatic carbocycles. The summed E-state index contributed by atoms with van der Waals surface area (Å²) in [4.78, 5) is 36.8. The van der Waals surface area contributed by atoms with Crippen molar-refractivity contribution in [1.82, 2.24) is 4.90 Å². The van der Waals surface area contributed by atoms with E-state index in [2.05, 4.69) is 0 Å². The summed E-state index contributed by atoms with van der Waals surface area (Å²) in [7, 11) is 0. The minimum absolute atomic E-state index is 0.167. The lowest BCUT2D eigenvalue weighted by atomic mass is 9.89. The molecular weight excluding hydrogens is 276 g/mol. The van der Waals surface area contributed by atoms with E-state index in [9.17, 15) is 14.4 Å². The quantitative estimate of drug-likeness (QED) is 0.781. The number of primary amides is 1. The highest BCUT2D eigenvalue weighted by Gasteiger charge is 2.38. The van der Waals surface area contributed by atoms with Crippen LogP contribution in [-0.2, 0) is 19.1 Å². The van der Waals surface area contributed by atoms with Crippen LogP contribution in [0, 0.1) is 11.8 Å². The molecule has 1 fully saturated rings. The minimum atomic E-state index is -0.643. The van der Waals surface area contributed by atoms with Crippen molar-refractivity contribution < 1.29 is 23.9 Å². The predicted octanol–water partition coefficient (Wildman–Crippen LogP) is 0.908. The van der Waals surface area contributed by atoms with Gasteiger partial charge in [0.2, 0.25) is 5.91 Å². The number of ether oxygens (including phenoxy) is 2. The molecule has 21 heavy (non-hydrogen) atoms. The van der Waals surface area contributed by atoms with Gasteiger partial charge in [0.05, 0.1) is 18.4 Å². The van der Waals surface area contributed by atoms with Gasteiger partial charge in [-0.3, -0.25) is 9.59 Å². The van der Waals surface area contributed by atoms with Gasteiger partial charge in [-0.2, -0.15) is 0 Å². The molecule has 2 N–H and O–H groups in total. The van der Waals surface area contributed by atoms with Crippen LogP contribution < -0.4 is 5.73 Å². The molecule has 2 amide bonds. The van der Waals surface area contributed by atoms with E-state index < -0.39 is 35.4 Å². The van der Waals surface area contributed by atoms with Crippen LogP contribution in [-0.4, -0.2) is 48.2 Å². The summed E-state index contributed by atoms with van der Waals surface area (Å²) < 4.78 is 10.2. The number of carbonyl (C=O) groups is 3. The van der Waals surface area contributed by atoms with Gasteiger partial charge in [-0.1, -0.05) is 0 Å². The average molecular weight is 300 g/mol. The molecule has 0 spiro atoms. The van der Waals surface area contributed by atoms with Gasteiger partial charge in [-0.25, -0.2) is 4.79 Å². The third-order valence-corrected chi connectivity index (χ3v) is 3.12. The molecular formula is C14H24N2O5. The Kier molecular flexibility index (Phi) is 5.57. The third-order valence-electron chi connectivity index (χ3n) is 3.12. The largest absolute Gasteiger partial charge is 0.466 e. The minimum Gasteiger partial charge on any atom is -0.466 e. The van der Waals surface area contributed by atoms with E-state index in [1.165, 1.54) is 4.90 Å². The zero-order valence-corrected chi connectivity index (χ0v) is 13.0. The van der Waals surface area contributed by atoms with Crippen LogP contribution in [0.3, 0.4) is 0 Å². The fraction of sp³-hybridized carbons (Fsp3) is 0.786. The van der Waals surface area contributed by atoms with Gasteiger partial charge in [0.15, 0.2) is 0 Å². The first-order valence-corrected chi connectivity index (χ1v) is 7.08. The zero-order valence-electron chi connectivity index (χ0n) is 13.0. The van der Waals surface area contributed by atoms with Gasteiger partial charge >= 0.3 is 12.1 Å². The molecule has 0 bridgehead atoms. The van der Waals surface area contributed by atoms with Crippen LogP contribution in [0.25, 0.3) is 0 Å². The molecule has 1 saturated heterocycles. The highest BCUT2D eigenvalue weighted by molar-refractivity contribution is 5.81. The van der Waals surface area contributed by atoms with Crippen molar-refractivity contribution in [3.63, 3.8) is 0 Å². The van der Waals surface area contributed by atoms with Gasteiger partial charge < -0.3 is 20.1 Å². The number of rotatable bonds is 3. The summed E-state index contributed by atoms with van der Waals surface area (Å²) in [6, 6.07) is 0. The highest BCUT2D eigenvalue weighted by atomic mass is 16.6. The Morgan fingerprint density at radius 1 is 1.19 bits per heavy atom. The van der Waals surface area contributed by atoms with Crippen LogP contribution in [0.2, 0.25) is 0 Å². The number of esters is 1. The molecule has 2 unspecified atom stereocenters. The van der Waals surface area contributed by atoms with Crippen molar-refractivity contribution in [3.05, 3.63) is 0 Å². The third kappa shape index (κ3) is 5.24. The molecule has 1 aliphatic rings. The second-order valence-electron chi connectivity index (χ2n) is 6.17. The lowest BCUT2D eigenvalue weighted by Crippen LogP contribution is -2.50. The van der Waals surface area contributed by atoms with E-state index in [-0.39, 0.29) is 19.7 Å². The highest BCUT2D eigenvalue weighted by Crippen LogP contribution is 2.24. The lowest BCUT2D eigenvalue weighted by Gasteiger charge is -2.36. The number of likely N-dealkylation sites (tertiary alicyclic amines) is 1. The molecule has 0 aromatic heterocycles. The smallest absolute Gasteiger partial charge is 0.410 e. The number of hydrogen-bond acceptors (Lipinski definition) is 5. The van der Waals surface area contributed by atoms with Crippen LogP contribution >= 0.6 is 0 Å². The Morgan fingerprint density at radius 3 is 2.24 bits per heavy atom. The van der Waals surface area contributed by atoms with Crippen molar-refractivity contribution in [2.75, 3.05) is 19.7 Å². The van der Waals surface area contributed by atoms with Gasteiger partial charge in [-0.05, 0) is 34.1 Å². The molecule has 1 aliphatic heterocycles. The fourth-order valence-corrected chi connectivity index (χ4v) is 2.21. The lowest BCUT2D eigenvalue weighted by molar-refractivity contribution is -0.151. The van der Waals surface area contributed by atoms with E-state index in [0.717, 1.165) is 0 Å². The Hall–Kier alpha value is -1.79. The van der Waals surface area contributed by atoms with E-state index in [1.54, 1.807) is 27.7 Å². The maximum atomic E-state index is 12.1. The molecule has 0 aromatic carbocycles. The number of nitrogens with two attached hydrogens (primary N) is 1. The van der Waals surface area contributed by atoms with Gasteiger partial charge in [0.1, 0.15) is 5.60 Å². The van der Waals surface area contributed by atoms with Crippen molar-refractivity contribution >= 4 is 18.0 Å². The van der Waals surface area contributed by atoms with Crippen LogP contribution in [0.5, 0.6) is 0 Å². The zero-order chi connectivity index (χ0) is 16.2. The maximum absolute atomic E-state index is 12.1. The van der Waals surface area contributed by atoms with Gasteiger partial charge in [0, 0.05) is 13.1 Å². The molecule has 120 valence electrons. The molecule has 7 nitrogen and oxygen atoms in total. The number of piperidine rings is 1. The molecule has 0 radical (unpaired) electrons. The Labute approximate surface area is 124 Å². The van der Waals surface area contributed by atoms with Crippen molar-refractivity contribution in [2.45, 2.75) is 39.7 Å². The molecule has 7 heteroatoms. The van der Waals surface area contributed by atoms with Crippen molar-refractivity contribution in [2.24, 2.45) is 17.6 Å². The van der Waals surface area contributed by atoms with Crippen molar-refractivity contribution in [3.8, 4) is 0 Å². The summed E-state index contributed by atoms with van der Waals surface area (Å²) in [6.45, 7) is 7.56. The van der Waals surface area contributed by atoms with Crippen LogP contribution in [0.1, 0.15) is 34.1 Å². The van der Waals surface area contributed by atoms with Crippen LogP contribution in [0.15, 0.2) is 0 Å². The monoisotopic (exact) mass is 300 g/mol. The molecule has 0 aromatic rings. The standard InChI is InChI=1S/C14H24N2O5/c1-5-20-12(18)10-6-9(11(15)17)7-16(8-10)13(19)21-14(2,3)4/h9-10H,5-8H2,1-4H3,(H2,15,17). The van der Waals surface area contributed by atoms with E-state index in [0.29, 0.717) is 6.42 Å². The molecule has 1 rings (SSSR count). The first kappa shape index (κ1) is 17.3. The SMILES string of the molecule is CCOC(=O)C1CC(C(N)=O)CN(C(=O)OC(C)(C)C)C1. The Bertz CT molecular complexity index is 416. The number of hydrogen-bond donors (Lipinski definition) is 1. The molecule has 0 saturated carbocycles. The molecule has 1 heterocycles. The second-order valence-corrected chi connectivity index (χ2v) is 6.17. The van der Waals surface area contributed by atoms with E-state index in [4.69, 9.17) is 15.2 Å². The predicted molar refractivity (Wildman–Crippen MR) is 75.2 cm³/mol. The maximum Gasteiger partial charge on any atom is 0.410 e. The van der Waals surface area contributed by atoms with Gasteiger partial charge in [0.25, 0.3) is 0 Å². The van der Waals surface area contributed by atoms with Crippen molar-refractivity contribution in [1.29, 1.82) is 0 Å². The van der Waals surface area contributed by atoms with E-state index in [1.807, 2.05) is 0 Å². The van der Waals surface area contributed by atoms with Crippen LogP contribution in [0.4, 0.5) is 4.79 Å². The number of carbonyl (C=O) groups excluding carboxylic acids is 3. The van der Waals surface area contributed by atoms with E-state index >= 15 is 0 Å². The first-order chi connectivity index (χ1) is 9.64. The summed E-state index contributed by atoms with van der Waals surface area (Å²) in [6.07, 6.45) is -0.254. The Morgan fingerprint density at radius 2 is 1.76 bits per heavy atom.